The quantitative estimate of drug-likeness (QED) is 0.861. The number of carbonyl (C=O) groups excluding carboxylic acids is 1. The maximum Gasteiger partial charge on any atom is 0.241 e. The highest BCUT2D eigenvalue weighted by Crippen LogP contribution is 2.15. The Morgan fingerprint density at radius 1 is 1.17 bits per heavy atom. The van der Waals surface area contributed by atoms with Crippen LogP contribution in [0.1, 0.15) is 25.3 Å². The minimum absolute atomic E-state index is 0.0758. The van der Waals surface area contributed by atoms with Gasteiger partial charge in [-0.15, -0.1) is 0 Å². The van der Waals surface area contributed by atoms with Gasteiger partial charge in [-0.3, -0.25) is 15.1 Å². The number of ether oxygens (including phenoxy) is 1. The Labute approximate surface area is 144 Å². The molecule has 2 aliphatic heterocycles. The van der Waals surface area contributed by atoms with E-state index in [4.69, 9.17) is 4.74 Å². The summed E-state index contributed by atoms with van der Waals surface area (Å²) in [5.41, 5.74) is 7.54. The second kappa shape index (κ2) is 7.96. The first-order valence-corrected chi connectivity index (χ1v) is 8.81. The standard InChI is InChI=1S/C18H28N4O2/c1-14-12-17(20-19-14)18(23)22-9-3-8-21(10-11-22)13-15-4-6-16(24-2)7-5-15/h4-7,14,17,19-20H,3,8-13H2,1-2H3. The number of hydrogen-bond donors (Lipinski definition) is 2. The molecule has 1 amide bonds. The average Bonchev–Trinajstić information content (AvgIpc) is 2.90. The minimum Gasteiger partial charge on any atom is -0.497 e. The van der Waals surface area contributed by atoms with Gasteiger partial charge >= 0.3 is 0 Å². The molecule has 2 heterocycles. The highest BCUT2D eigenvalue weighted by molar-refractivity contribution is 5.82. The lowest BCUT2D eigenvalue weighted by Crippen LogP contribution is -2.46. The zero-order valence-electron chi connectivity index (χ0n) is 14.6. The fraction of sp³-hybridized carbons (Fsp3) is 0.611. The SMILES string of the molecule is COc1ccc(CN2CCCN(C(=O)C3CC(C)NN3)CC2)cc1. The summed E-state index contributed by atoms with van der Waals surface area (Å²) >= 11 is 0. The molecule has 0 bridgehead atoms. The summed E-state index contributed by atoms with van der Waals surface area (Å²) in [5.74, 6) is 1.12. The molecule has 2 atom stereocenters. The third-order valence-electron chi connectivity index (χ3n) is 4.86. The topological polar surface area (TPSA) is 56.8 Å². The van der Waals surface area contributed by atoms with Gasteiger partial charge in [0.2, 0.25) is 5.91 Å². The fourth-order valence-electron chi connectivity index (χ4n) is 3.44. The van der Waals surface area contributed by atoms with Crippen LogP contribution in [0.5, 0.6) is 5.75 Å². The Bertz CT molecular complexity index is 548. The summed E-state index contributed by atoms with van der Waals surface area (Å²) in [6.07, 6.45) is 1.89. The number of rotatable bonds is 4. The van der Waals surface area contributed by atoms with Crippen LogP contribution in [0.15, 0.2) is 24.3 Å². The molecular weight excluding hydrogens is 304 g/mol. The Hall–Kier alpha value is -1.63. The van der Waals surface area contributed by atoms with E-state index in [0.717, 1.165) is 51.3 Å². The first kappa shape index (κ1) is 17.2. The highest BCUT2D eigenvalue weighted by Gasteiger charge is 2.31. The van der Waals surface area contributed by atoms with E-state index in [1.807, 2.05) is 17.0 Å². The number of carbonyl (C=O) groups is 1. The van der Waals surface area contributed by atoms with Crippen molar-refractivity contribution in [3.63, 3.8) is 0 Å². The maximum absolute atomic E-state index is 12.6. The number of amides is 1. The van der Waals surface area contributed by atoms with Crippen LogP contribution in [-0.4, -0.2) is 61.1 Å². The van der Waals surface area contributed by atoms with Crippen LogP contribution in [-0.2, 0) is 11.3 Å². The number of benzene rings is 1. The molecule has 0 spiro atoms. The van der Waals surface area contributed by atoms with Gasteiger partial charge in [0.05, 0.1) is 7.11 Å². The Kier molecular flexibility index (Phi) is 5.71. The van der Waals surface area contributed by atoms with E-state index in [1.54, 1.807) is 7.11 Å². The fourth-order valence-corrected chi connectivity index (χ4v) is 3.44. The van der Waals surface area contributed by atoms with E-state index in [0.29, 0.717) is 6.04 Å². The van der Waals surface area contributed by atoms with Gasteiger partial charge in [-0.05, 0) is 37.5 Å². The van der Waals surface area contributed by atoms with E-state index in [-0.39, 0.29) is 11.9 Å². The lowest BCUT2D eigenvalue weighted by molar-refractivity contribution is -0.133. The van der Waals surface area contributed by atoms with Crippen LogP contribution < -0.4 is 15.6 Å². The van der Waals surface area contributed by atoms with Crippen molar-refractivity contribution in [3.8, 4) is 5.75 Å². The van der Waals surface area contributed by atoms with Crippen LogP contribution in [0.25, 0.3) is 0 Å². The normalized spacial score (nSPS) is 25.5. The third-order valence-corrected chi connectivity index (χ3v) is 4.86. The molecule has 0 saturated carbocycles. The van der Waals surface area contributed by atoms with Crippen molar-refractivity contribution in [2.75, 3.05) is 33.3 Å². The molecule has 1 aromatic carbocycles. The van der Waals surface area contributed by atoms with Crippen molar-refractivity contribution in [2.24, 2.45) is 0 Å². The molecule has 2 N–H and O–H groups in total. The second-order valence-electron chi connectivity index (χ2n) is 6.78. The zero-order chi connectivity index (χ0) is 16.9. The molecule has 2 saturated heterocycles. The molecule has 6 heteroatoms. The van der Waals surface area contributed by atoms with E-state index in [1.165, 1.54) is 5.56 Å². The molecule has 2 fully saturated rings. The van der Waals surface area contributed by atoms with E-state index in [2.05, 4.69) is 34.8 Å². The monoisotopic (exact) mass is 332 g/mol. The van der Waals surface area contributed by atoms with Crippen molar-refractivity contribution in [1.82, 2.24) is 20.7 Å². The van der Waals surface area contributed by atoms with Crippen molar-refractivity contribution in [2.45, 2.75) is 38.4 Å². The highest BCUT2D eigenvalue weighted by atomic mass is 16.5. The summed E-state index contributed by atoms with van der Waals surface area (Å²) in [6.45, 7) is 6.63. The Morgan fingerprint density at radius 2 is 1.96 bits per heavy atom. The molecule has 2 unspecified atom stereocenters. The second-order valence-corrected chi connectivity index (χ2v) is 6.78. The number of nitrogens with zero attached hydrogens (tertiary/aromatic N) is 2. The Morgan fingerprint density at radius 3 is 2.62 bits per heavy atom. The molecule has 6 nitrogen and oxygen atoms in total. The molecule has 24 heavy (non-hydrogen) atoms. The van der Waals surface area contributed by atoms with Crippen molar-refractivity contribution in [1.29, 1.82) is 0 Å². The number of hydrazine groups is 1. The smallest absolute Gasteiger partial charge is 0.241 e. The summed E-state index contributed by atoms with van der Waals surface area (Å²) in [4.78, 5) is 17.1. The molecule has 1 aromatic rings. The first-order chi connectivity index (χ1) is 11.7. The lowest BCUT2D eigenvalue weighted by Gasteiger charge is -2.24. The lowest BCUT2D eigenvalue weighted by atomic mass is 10.1. The maximum atomic E-state index is 12.6. The molecule has 0 aromatic heterocycles. The molecular formula is C18H28N4O2. The van der Waals surface area contributed by atoms with Crippen LogP contribution >= 0.6 is 0 Å². The third kappa shape index (κ3) is 4.26. The average molecular weight is 332 g/mol. The summed E-state index contributed by atoms with van der Waals surface area (Å²) in [6, 6.07) is 8.52. The van der Waals surface area contributed by atoms with Crippen molar-refractivity contribution >= 4 is 5.91 Å². The van der Waals surface area contributed by atoms with Crippen LogP contribution in [0.2, 0.25) is 0 Å². The minimum atomic E-state index is -0.0758. The predicted octanol–water partition coefficient (Wildman–Crippen LogP) is 0.985. The van der Waals surface area contributed by atoms with E-state index < -0.39 is 0 Å². The summed E-state index contributed by atoms with van der Waals surface area (Å²) in [7, 11) is 1.69. The molecule has 132 valence electrons. The van der Waals surface area contributed by atoms with Crippen LogP contribution in [0.3, 0.4) is 0 Å². The summed E-state index contributed by atoms with van der Waals surface area (Å²) < 4.78 is 5.21. The van der Waals surface area contributed by atoms with Gasteiger partial charge in [0, 0.05) is 38.8 Å². The molecule has 3 rings (SSSR count). The van der Waals surface area contributed by atoms with Gasteiger partial charge in [-0.1, -0.05) is 12.1 Å². The number of methoxy groups -OCH3 is 1. The molecule has 0 aliphatic carbocycles. The largest absolute Gasteiger partial charge is 0.497 e. The van der Waals surface area contributed by atoms with Gasteiger partial charge in [0.25, 0.3) is 0 Å². The van der Waals surface area contributed by atoms with Crippen molar-refractivity contribution in [3.05, 3.63) is 29.8 Å². The van der Waals surface area contributed by atoms with Gasteiger partial charge in [-0.2, -0.15) is 0 Å². The first-order valence-electron chi connectivity index (χ1n) is 8.81. The number of hydrogen-bond acceptors (Lipinski definition) is 5. The van der Waals surface area contributed by atoms with E-state index >= 15 is 0 Å². The van der Waals surface area contributed by atoms with Crippen molar-refractivity contribution < 1.29 is 9.53 Å². The van der Waals surface area contributed by atoms with Gasteiger partial charge in [0.15, 0.2) is 0 Å². The zero-order valence-corrected chi connectivity index (χ0v) is 14.6. The predicted molar refractivity (Wildman–Crippen MR) is 93.6 cm³/mol. The van der Waals surface area contributed by atoms with E-state index in [9.17, 15) is 4.79 Å². The van der Waals surface area contributed by atoms with Crippen LogP contribution in [0.4, 0.5) is 0 Å². The van der Waals surface area contributed by atoms with Gasteiger partial charge in [0.1, 0.15) is 11.8 Å². The Balaban J connectivity index is 1.51. The molecule has 2 aliphatic rings. The van der Waals surface area contributed by atoms with Gasteiger partial charge in [-0.25, -0.2) is 5.43 Å². The van der Waals surface area contributed by atoms with Crippen LogP contribution in [0, 0.1) is 0 Å². The van der Waals surface area contributed by atoms with Gasteiger partial charge < -0.3 is 9.64 Å². The summed E-state index contributed by atoms with van der Waals surface area (Å²) in [5, 5.41) is 0. The number of nitrogens with one attached hydrogen (secondary N) is 2. The molecule has 0 radical (unpaired) electrons.